The van der Waals surface area contributed by atoms with Gasteiger partial charge in [-0.2, -0.15) is 5.10 Å². The molecule has 0 spiro atoms. The Hall–Kier alpha value is -4.59. The van der Waals surface area contributed by atoms with E-state index in [1.807, 2.05) is 68.4 Å². The van der Waals surface area contributed by atoms with Crippen LogP contribution in [0.15, 0.2) is 72.8 Å². The number of methoxy groups -OCH3 is 2. The molecule has 2 heterocycles. The number of nitrogens with one attached hydrogen (secondary N) is 2. The first-order chi connectivity index (χ1) is 17.9. The minimum absolute atomic E-state index is 0.333. The number of para-hydroxylation sites is 1. The standard InChI is InChI=1S/C29H28N4O4/c1-17-9-8-10-19(13-17)28(34)30-26-25(20-14-22(36-3)16-23(15-20)37-4)24-18(2)32-33(27(24)31-29(26)35)21-11-6-5-7-12-21/h5-16,25-26H,1-4H3,(H,30,34)(H,31,35)/t25-,26+/m1/s1. The van der Waals surface area contributed by atoms with Crippen molar-refractivity contribution in [3.8, 4) is 17.2 Å². The highest BCUT2D eigenvalue weighted by atomic mass is 16.5. The van der Waals surface area contributed by atoms with Gasteiger partial charge in [0.1, 0.15) is 23.4 Å². The first-order valence-electron chi connectivity index (χ1n) is 12.0. The highest BCUT2D eigenvalue weighted by Crippen LogP contribution is 2.42. The van der Waals surface area contributed by atoms with Crippen LogP contribution in [0.1, 0.15) is 38.7 Å². The lowest BCUT2D eigenvalue weighted by Crippen LogP contribution is -2.50. The summed E-state index contributed by atoms with van der Waals surface area (Å²) in [6.07, 6.45) is 0. The van der Waals surface area contributed by atoms with E-state index < -0.39 is 12.0 Å². The molecule has 0 radical (unpaired) electrons. The third kappa shape index (κ3) is 4.53. The summed E-state index contributed by atoms with van der Waals surface area (Å²) in [7, 11) is 3.15. The average Bonchev–Trinajstić information content (AvgIpc) is 3.24. The first-order valence-corrected chi connectivity index (χ1v) is 12.0. The van der Waals surface area contributed by atoms with Gasteiger partial charge in [0.05, 0.1) is 25.6 Å². The van der Waals surface area contributed by atoms with E-state index in [9.17, 15) is 9.59 Å². The van der Waals surface area contributed by atoms with Crippen LogP contribution in [0.3, 0.4) is 0 Å². The zero-order valence-corrected chi connectivity index (χ0v) is 21.1. The van der Waals surface area contributed by atoms with E-state index in [0.717, 1.165) is 28.1 Å². The fraction of sp³-hybridized carbons (Fsp3) is 0.207. The normalized spacial score (nSPS) is 16.5. The second kappa shape index (κ2) is 9.81. The number of aromatic nitrogens is 2. The molecular weight excluding hydrogens is 468 g/mol. The maximum Gasteiger partial charge on any atom is 0.251 e. The van der Waals surface area contributed by atoms with Crippen molar-refractivity contribution < 1.29 is 19.1 Å². The third-order valence-electron chi connectivity index (χ3n) is 6.58. The second-order valence-corrected chi connectivity index (χ2v) is 9.03. The predicted octanol–water partition coefficient (Wildman–Crippen LogP) is 4.39. The van der Waals surface area contributed by atoms with Crippen molar-refractivity contribution in [1.82, 2.24) is 15.1 Å². The number of fused-ring (bicyclic) bond motifs is 1. The summed E-state index contributed by atoms with van der Waals surface area (Å²) in [6.45, 7) is 3.82. The van der Waals surface area contributed by atoms with Crippen molar-refractivity contribution in [2.75, 3.05) is 19.5 Å². The molecule has 8 nitrogen and oxygen atoms in total. The Morgan fingerprint density at radius 3 is 2.30 bits per heavy atom. The van der Waals surface area contributed by atoms with Crippen molar-refractivity contribution in [1.29, 1.82) is 0 Å². The number of nitrogens with zero attached hydrogens (tertiary/aromatic N) is 2. The molecule has 1 aromatic heterocycles. The Bertz CT molecular complexity index is 1460. The van der Waals surface area contributed by atoms with Gasteiger partial charge in [-0.25, -0.2) is 4.68 Å². The van der Waals surface area contributed by atoms with Gasteiger partial charge >= 0.3 is 0 Å². The van der Waals surface area contributed by atoms with Crippen LogP contribution >= 0.6 is 0 Å². The molecule has 188 valence electrons. The van der Waals surface area contributed by atoms with E-state index in [0.29, 0.717) is 22.9 Å². The minimum atomic E-state index is -0.899. The van der Waals surface area contributed by atoms with Gasteiger partial charge in [0.25, 0.3) is 5.91 Å². The molecular formula is C29H28N4O4. The third-order valence-corrected chi connectivity index (χ3v) is 6.58. The number of hydrogen-bond donors (Lipinski definition) is 2. The molecule has 3 aromatic carbocycles. The molecule has 0 aliphatic carbocycles. The maximum absolute atomic E-state index is 13.6. The molecule has 5 rings (SSSR count). The number of benzene rings is 3. The fourth-order valence-corrected chi connectivity index (χ4v) is 4.83. The van der Waals surface area contributed by atoms with Crippen molar-refractivity contribution in [2.45, 2.75) is 25.8 Å². The largest absolute Gasteiger partial charge is 0.497 e. The van der Waals surface area contributed by atoms with E-state index in [1.165, 1.54) is 0 Å². The van der Waals surface area contributed by atoms with Crippen LogP contribution < -0.4 is 20.1 Å². The summed E-state index contributed by atoms with van der Waals surface area (Å²) < 4.78 is 12.8. The quantitative estimate of drug-likeness (QED) is 0.413. The van der Waals surface area contributed by atoms with Crippen molar-refractivity contribution in [2.24, 2.45) is 0 Å². The Morgan fingerprint density at radius 2 is 1.65 bits per heavy atom. The smallest absolute Gasteiger partial charge is 0.251 e. The SMILES string of the molecule is COc1cc(OC)cc([C@@H]2c3c(C)nn(-c4ccccc4)c3NC(=O)[C@H]2NC(=O)c2cccc(C)c2)c1. The van der Waals surface area contributed by atoms with Crippen LogP contribution in [0.4, 0.5) is 5.82 Å². The zero-order valence-electron chi connectivity index (χ0n) is 21.1. The molecule has 1 aliphatic heterocycles. The number of rotatable bonds is 6. The lowest BCUT2D eigenvalue weighted by Gasteiger charge is -2.33. The van der Waals surface area contributed by atoms with Gasteiger partial charge in [-0.3, -0.25) is 9.59 Å². The Kier molecular flexibility index (Phi) is 6.40. The predicted molar refractivity (Wildman–Crippen MR) is 141 cm³/mol. The van der Waals surface area contributed by atoms with Crippen molar-refractivity contribution >= 4 is 17.6 Å². The van der Waals surface area contributed by atoms with Gasteiger partial charge in [-0.1, -0.05) is 35.9 Å². The first kappa shape index (κ1) is 24.1. The van der Waals surface area contributed by atoms with Crippen LogP contribution in [-0.2, 0) is 4.79 Å². The van der Waals surface area contributed by atoms with Crippen molar-refractivity contribution in [3.05, 3.63) is 101 Å². The lowest BCUT2D eigenvalue weighted by atomic mass is 9.81. The summed E-state index contributed by atoms with van der Waals surface area (Å²) in [4.78, 5) is 26.9. The summed E-state index contributed by atoms with van der Waals surface area (Å²) in [5.74, 6) is 0.524. The van der Waals surface area contributed by atoms with Crippen LogP contribution in [0.5, 0.6) is 11.5 Å². The molecule has 2 atom stereocenters. The fourth-order valence-electron chi connectivity index (χ4n) is 4.83. The highest BCUT2D eigenvalue weighted by molar-refractivity contribution is 6.04. The molecule has 0 fully saturated rings. The lowest BCUT2D eigenvalue weighted by molar-refractivity contribution is -0.118. The topological polar surface area (TPSA) is 94.5 Å². The molecule has 0 saturated carbocycles. The molecule has 0 saturated heterocycles. The van der Waals surface area contributed by atoms with Crippen LogP contribution in [0.2, 0.25) is 0 Å². The monoisotopic (exact) mass is 496 g/mol. The molecule has 0 bridgehead atoms. The van der Waals surface area contributed by atoms with E-state index in [2.05, 4.69) is 10.6 Å². The molecule has 1 aliphatic rings. The zero-order chi connectivity index (χ0) is 26.1. The molecule has 2 amide bonds. The van der Waals surface area contributed by atoms with E-state index in [4.69, 9.17) is 14.6 Å². The Morgan fingerprint density at radius 1 is 0.946 bits per heavy atom. The van der Waals surface area contributed by atoms with Crippen LogP contribution in [-0.4, -0.2) is 41.9 Å². The number of amides is 2. The van der Waals surface area contributed by atoms with Gasteiger partial charge < -0.3 is 20.1 Å². The number of aryl methyl sites for hydroxylation is 2. The van der Waals surface area contributed by atoms with Gasteiger partial charge in [0, 0.05) is 23.1 Å². The number of ether oxygens (including phenoxy) is 2. The number of carbonyl (C=O) groups is 2. The number of carbonyl (C=O) groups excluding carboxylic acids is 2. The Balaban J connectivity index is 1.67. The van der Waals surface area contributed by atoms with Gasteiger partial charge in [-0.05, 0) is 55.8 Å². The number of hydrogen-bond acceptors (Lipinski definition) is 5. The molecule has 4 aromatic rings. The molecule has 37 heavy (non-hydrogen) atoms. The minimum Gasteiger partial charge on any atom is -0.497 e. The summed E-state index contributed by atoms with van der Waals surface area (Å²) in [6, 6.07) is 21.5. The van der Waals surface area contributed by atoms with Gasteiger partial charge in [0.15, 0.2) is 0 Å². The van der Waals surface area contributed by atoms with E-state index in [1.54, 1.807) is 37.1 Å². The van der Waals surface area contributed by atoms with E-state index >= 15 is 0 Å². The summed E-state index contributed by atoms with van der Waals surface area (Å²) >= 11 is 0. The van der Waals surface area contributed by atoms with Crippen LogP contribution in [0.25, 0.3) is 5.69 Å². The molecule has 2 N–H and O–H groups in total. The second-order valence-electron chi connectivity index (χ2n) is 9.03. The van der Waals surface area contributed by atoms with Crippen LogP contribution in [0, 0.1) is 13.8 Å². The number of anilines is 1. The highest BCUT2D eigenvalue weighted by Gasteiger charge is 2.42. The summed E-state index contributed by atoms with van der Waals surface area (Å²) in [5.41, 5.74) is 4.57. The summed E-state index contributed by atoms with van der Waals surface area (Å²) in [5, 5.41) is 10.8. The average molecular weight is 497 g/mol. The van der Waals surface area contributed by atoms with Gasteiger partial charge in [-0.15, -0.1) is 0 Å². The molecule has 0 unspecified atom stereocenters. The van der Waals surface area contributed by atoms with Gasteiger partial charge in [0.2, 0.25) is 5.91 Å². The maximum atomic E-state index is 13.6. The van der Waals surface area contributed by atoms with E-state index in [-0.39, 0.29) is 11.8 Å². The Labute approximate surface area is 215 Å². The van der Waals surface area contributed by atoms with Crippen molar-refractivity contribution in [3.63, 3.8) is 0 Å². The molecule has 8 heteroatoms.